The van der Waals surface area contributed by atoms with Gasteiger partial charge in [0.2, 0.25) is 0 Å². The van der Waals surface area contributed by atoms with E-state index in [2.05, 4.69) is 11.0 Å². The van der Waals surface area contributed by atoms with Crippen molar-refractivity contribution in [3.05, 3.63) is 64.2 Å². The molecule has 2 aromatic rings. The minimum Gasteiger partial charge on any atom is -0.360 e. The van der Waals surface area contributed by atoms with Crippen molar-refractivity contribution in [1.29, 1.82) is 0 Å². The minimum atomic E-state index is -0.379. The first kappa shape index (κ1) is 18.4. The lowest BCUT2D eigenvalue weighted by atomic mass is 10.1. The highest BCUT2D eigenvalue weighted by Crippen LogP contribution is 2.27. The lowest BCUT2D eigenvalue weighted by Crippen LogP contribution is -3.19. The van der Waals surface area contributed by atoms with Crippen LogP contribution in [0.25, 0.3) is 0 Å². The van der Waals surface area contributed by atoms with Gasteiger partial charge >= 0.3 is 0 Å². The first-order valence-electron chi connectivity index (χ1n) is 9.78. The molecule has 2 aromatic carbocycles. The highest BCUT2D eigenvalue weighted by Gasteiger charge is 2.35. The Balaban J connectivity index is 1.37. The van der Waals surface area contributed by atoms with Crippen LogP contribution in [-0.2, 0) is 11.2 Å². The summed E-state index contributed by atoms with van der Waals surface area (Å²) in [7, 11) is 0. The molecule has 28 heavy (non-hydrogen) atoms. The molecule has 0 radical (unpaired) electrons. The number of anilines is 2. The second-order valence-corrected chi connectivity index (χ2v) is 7.51. The highest BCUT2D eigenvalue weighted by molar-refractivity contribution is 5.97. The number of nitrogens with one attached hydrogen (secondary N) is 1. The Morgan fingerprint density at radius 2 is 1.75 bits per heavy atom. The van der Waals surface area contributed by atoms with E-state index in [1.54, 1.807) is 24.3 Å². The molecule has 2 heterocycles. The normalized spacial score (nSPS) is 18.0. The van der Waals surface area contributed by atoms with Crippen LogP contribution in [0.3, 0.4) is 0 Å². The first-order valence-corrected chi connectivity index (χ1v) is 9.78. The lowest BCUT2D eigenvalue weighted by Gasteiger charge is -2.37. The summed E-state index contributed by atoms with van der Waals surface area (Å²) in [5, 5.41) is 10.8. The number of fused-ring (bicyclic) bond motifs is 1. The molecular weight excluding hydrogens is 356 g/mol. The standard InChI is InChI=1S/C21H24N4O3/c1-16(21(26)24-11-10-17-4-2-3-5-20(17)24)22-12-14-23(15-13-22)18-6-8-19(9-7-18)25(27)28/h2-9,16H,10-15H2,1H3/p+1/t16-/m1/s1. The van der Waals surface area contributed by atoms with E-state index in [-0.39, 0.29) is 22.6 Å². The molecule has 2 aliphatic rings. The number of carbonyl (C=O) groups is 1. The van der Waals surface area contributed by atoms with Crippen molar-refractivity contribution in [1.82, 2.24) is 0 Å². The monoisotopic (exact) mass is 381 g/mol. The number of benzene rings is 2. The fourth-order valence-electron chi connectivity index (χ4n) is 4.25. The van der Waals surface area contributed by atoms with Crippen LogP contribution in [0.2, 0.25) is 0 Å². The fraction of sp³-hybridized carbons (Fsp3) is 0.381. The molecule has 146 valence electrons. The molecule has 1 amide bonds. The molecule has 0 aromatic heterocycles. The Bertz CT molecular complexity index is 875. The van der Waals surface area contributed by atoms with Crippen molar-refractivity contribution in [3.63, 3.8) is 0 Å². The van der Waals surface area contributed by atoms with Crippen LogP contribution < -0.4 is 14.7 Å². The van der Waals surface area contributed by atoms with Gasteiger partial charge in [-0.05, 0) is 37.1 Å². The third-order valence-electron chi connectivity index (χ3n) is 5.97. The van der Waals surface area contributed by atoms with Crippen LogP contribution in [0.1, 0.15) is 12.5 Å². The summed E-state index contributed by atoms with van der Waals surface area (Å²) in [6.07, 6.45) is 0.928. The fourth-order valence-corrected chi connectivity index (χ4v) is 4.25. The van der Waals surface area contributed by atoms with Crippen LogP contribution in [0, 0.1) is 10.1 Å². The van der Waals surface area contributed by atoms with Gasteiger partial charge in [-0.3, -0.25) is 14.9 Å². The van der Waals surface area contributed by atoms with E-state index in [1.165, 1.54) is 10.5 Å². The number of nitro groups is 1. The SMILES string of the molecule is C[C@H](C(=O)N1CCc2ccccc21)[NH+]1CCN(c2ccc([N+](=O)[O-])cc2)CC1. The maximum absolute atomic E-state index is 13.1. The van der Waals surface area contributed by atoms with Crippen LogP contribution >= 0.6 is 0 Å². The zero-order chi connectivity index (χ0) is 19.7. The lowest BCUT2D eigenvalue weighted by molar-refractivity contribution is -0.914. The van der Waals surface area contributed by atoms with Crippen molar-refractivity contribution >= 4 is 23.0 Å². The predicted octanol–water partition coefficient (Wildman–Crippen LogP) is 1.28. The van der Waals surface area contributed by atoms with Gasteiger partial charge in [0.1, 0.15) is 0 Å². The molecule has 2 aliphatic heterocycles. The third-order valence-corrected chi connectivity index (χ3v) is 5.97. The number of piperazine rings is 1. The number of quaternary nitrogens is 1. The van der Waals surface area contributed by atoms with Gasteiger partial charge in [-0.25, -0.2) is 0 Å². The number of nitrogens with zero attached hydrogens (tertiary/aromatic N) is 3. The molecule has 7 heteroatoms. The van der Waals surface area contributed by atoms with Gasteiger partial charge in [0.25, 0.3) is 11.6 Å². The van der Waals surface area contributed by atoms with Gasteiger partial charge < -0.3 is 14.7 Å². The number of rotatable bonds is 4. The van der Waals surface area contributed by atoms with Gasteiger partial charge in [-0.2, -0.15) is 0 Å². The number of amides is 1. The maximum atomic E-state index is 13.1. The molecule has 0 spiro atoms. The van der Waals surface area contributed by atoms with Gasteiger partial charge in [-0.15, -0.1) is 0 Å². The minimum absolute atomic E-state index is 0.0785. The van der Waals surface area contributed by atoms with E-state index >= 15 is 0 Å². The first-order chi connectivity index (χ1) is 13.5. The summed E-state index contributed by atoms with van der Waals surface area (Å²) in [4.78, 5) is 29.0. The molecule has 1 N–H and O–H groups in total. The number of carbonyl (C=O) groups excluding carboxylic acids is 1. The maximum Gasteiger partial charge on any atom is 0.284 e. The van der Waals surface area contributed by atoms with Crippen LogP contribution in [0.5, 0.6) is 0 Å². The average molecular weight is 381 g/mol. The second kappa shape index (κ2) is 7.59. The Kier molecular flexibility index (Phi) is 5.00. The predicted molar refractivity (Wildman–Crippen MR) is 108 cm³/mol. The van der Waals surface area contributed by atoms with Crippen LogP contribution in [0.4, 0.5) is 17.1 Å². The smallest absolute Gasteiger partial charge is 0.284 e. The van der Waals surface area contributed by atoms with Crippen molar-refractivity contribution in [3.8, 4) is 0 Å². The van der Waals surface area contributed by atoms with Crippen molar-refractivity contribution in [2.24, 2.45) is 0 Å². The molecule has 0 saturated carbocycles. The van der Waals surface area contributed by atoms with Gasteiger partial charge in [0.15, 0.2) is 6.04 Å². The molecule has 7 nitrogen and oxygen atoms in total. The summed E-state index contributed by atoms with van der Waals surface area (Å²) in [6, 6.07) is 14.8. The second-order valence-electron chi connectivity index (χ2n) is 7.51. The Hall–Kier alpha value is -2.93. The van der Waals surface area contributed by atoms with Gasteiger partial charge in [-0.1, -0.05) is 18.2 Å². The zero-order valence-corrected chi connectivity index (χ0v) is 16.0. The van der Waals surface area contributed by atoms with Crippen molar-refractivity contribution in [2.75, 3.05) is 42.5 Å². The molecule has 1 fully saturated rings. The van der Waals surface area contributed by atoms with Gasteiger partial charge in [0.05, 0.1) is 31.1 Å². The Morgan fingerprint density at radius 1 is 1.07 bits per heavy atom. The largest absolute Gasteiger partial charge is 0.360 e. The molecule has 4 rings (SSSR count). The van der Waals surface area contributed by atoms with E-state index in [0.717, 1.165) is 50.5 Å². The van der Waals surface area contributed by atoms with Crippen molar-refractivity contribution in [2.45, 2.75) is 19.4 Å². The Labute approximate surface area is 164 Å². The van der Waals surface area contributed by atoms with E-state index in [1.807, 2.05) is 30.0 Å². The zero-order valence-electron chi connectivity index (χ0n) is 16.0. The number of non-ortho nitro benzene ring substituents is 1. The molecule has 1 atom stereocenters. The summed E-state index contributed by atoms with van der Waals surface area (Å²) in [5.41, 5.74) is 3.42. The number of hydrogen-bond donors (Lipinski definition) is 1. The molecule has 0 aliphatic carbocycles. The summed E-state index contributed by atoms with van der Waals surface area (Å²) in [6.45, 7) is 6.21. The highest BCUT2D eigenvalue weighted by atomic mass is 16.6. The summed E-state index contributed by atoms with van der Waals surface area (Å²) < 4.78 is 0. The summed E-state index contributed by atoms with van der Waals surface area (Å²) >= 11 is 0. The molecule has 1 saturated heterocycles. The average Bonchev–Trinajstić information content (AvgIpc) is 3.17. The molecule has 0 unspecified atom stereocenters. The van der Waals surface area contributed by atoms with Crippen molar-refractivity contribution < 1.29 is 14.6 Å². The quantitative estimate of drug-likeness (QED) is 0.640. The van der Waals surface area contributed by atoms with Crippen LogP contribution in [-0.4, -0.2) is 49.6 Å². The van der Waals surface area contributed by atoms with E-state index in [9.17, 15) is 14.9 Å². The van der Waals surface area contributed by atoms with E-state index in [4.69, 9.17) is 0 Å². The molecular formula is C21H25N4O3+. The number of para-hydroxylation sites is 1. The molecule has 0 bridgehead atoms. The number of hydrogen-bond acceptors (Lipinski definition) is 4. The topological polar surface area (TPSA) is 71.1 Å². The van der Waals surface area contributed by atoms with Crippen LogP contribution in [0.15, 0.2) is 48.5 Å². The summed E-state index contributed by atoms with van der Waals surface area (Å²) in [5.74, 6) is 0.198. The van der Waals surface area contributed by atoms with E-state index < -0.39 is 0 Å². The van der Waals surface area contributed by atoms with E-state index in [0.29, 0.717) is 0 Å². The third kappa shape index (κ3) is 3.45. The Morgan fingerprint density at radius 3 is 2.43 bits per heavy atom. The number of nitro benzene ring substituents is 1. The van der Waals surface area contributed by atoms with Gasteiger partial charge in [0, 0.05) is 30.1 Å².